The lowest BCUT2D eigenvalue weighted by Gasteiger charge is -2.25. The van der Waals surface area contributed by atoms with Crippen molar-refractivity contribution in [2.45, 2.75) is 31.9 Å². The lowest BCUT2D eigenvalue weighted by Crippen LogP contribution is -2.30. The van der Waals surface area contributed by atoms with Crippen LogP contribution in [0, 0.1) is 0 Å². The van der Waals surface area contributed by atoms with Crippen LogP contribution in [0.4, 0.5) is 0 Å². The quantitative estimate of drug-likeness (QED) is 0.730. The van der Waals surface area contributed by atoms with Gasteiger partial charge in [-0.05, 0) is 54.7 Å². The number of carbonyl (C=O) groups excluding carboxylic acids is 1. The molecular formula is C22H21NO3. The standard InChI is InChI=1S/C22H21NO3/c24-22(23-20-12-6-8-16-7-4-5-11-19(16)20)21-14-13-18(26-21)15-25-17-9-2-1-3-10-17/h1-5,7,9-11,13-14,20H,6,8,12,15H2,(H,23,24). The fourth-order valence-electron chi connectivity index (χ4n) is 3.38. The summed E-state index contributed by atoms with van der Waals surface area (Å²) in [6, 6.07) is 21.4. The highest BCUT2D eigenvalue weighted by molar-refractivity contribution is 5.91. The summed E-state index contributed by atoms with van der Waals surface area (Å²) in [7, 11) is 0. The van der Waals surface area contributed by atoms with Crippen LogP contribution in [0.3, 0.4) is 0 Å². The second kappa shape index (κ2) is 7.48. The molecule has 1 unspecified atom stereocenters. The van der Waals surface area contributed by atoms with Crippen LogP contribution in [0.15, 0.2) is 71.1 Å². The zero-order valence-corrected chi connectivity index (χ0v) is 14.5. The summed E-state index contributed by atoms with van der Waals surface area (Å²) in [5.41, 5.74) is 2.53. The van der Waals surface area contributed by atoms with Crippen LogP contribution in [-0.4, -0.2) is 5.91 Å². The third kappa shape index (κ3) is 3.64. The zero-order valence-electron chi connectivity index (χ0n) is 14.5. The molecule has 2 aromatic carbocycles. The molecule has 3 aromatic rings. The summed E-state index contributed by atoms with van der Waals surface area (Å²) in [6.07, 6.45) is 3.11. The number of nitrogens with one attached hydrogen (secondary N) is 1. The van der Waals surface area contributed by atoms with Gasteiger partial charge in [-0.3, -0.25) is 4.79 Å². The minimum Gasteiger partial charge on any atom is -0.486 e. The number of amides is 1. The Bertz CT molecular complexity index is 885. The van der Waals surface area contributed by atoms with Crippen LogP contribution in [0.1, 0.15) is 46.3 Å². The number of furan rings is 1. The first kappa shape index (κ1) is 16.5. The first-order valence-electron chi connectivity index (χ1n) is 8.95. The van der Waals surface area contributed by atoms with Gasteiger partial charge in [-0.2, -0.15) is 0 Å². The smallest absolute Gasteiger partial charge is 0.287 e. The van der Waals surface area contributed by atoms with Gasteiger partial charge in [0, 0.05) is 0 Å². The van der Waals surface area contributed by atoms with Gasteiger partial charge in [-0.15, -0.1) is 0 Å². The highest BCUT2D eigenvalue weighted by Crippen LogP contribution is 2.29. The van der Waals surface area contributed by atoms with E-state index in [1.54, 1.807) is 12.1 Å². The molecule has 0 radical (unpaired) electrons. The van der Waals surface area contributed by atoms with Crippen molar-refractivity contribution in [3.8, 4) is 5.75 Å². The van der Waals surface area contributed by atoms with E-state index in [4.69, 9.17) is 9.15 Å². The van der Waals surface area contributed by atoms with Gasteiger partial charge in [0.2, 0.25) is 0 Å². The lowest BCUT2D eigenvalue weighted by atomic mass is 9.88. The van der Waals surface area contributed by atoms with Crippen molar-refractivity contribution < 1.29 is 13.9 Å². The first-order valence-corrected chi connectivity index (χ1v) is 8.95. The summed E-state index contributed by atoms with van der Waals surface area (Å²) in [5.74, 6) is 1.54. The molecule has 0 bridgehead atoms. The average molecular weight is 347 g/mol. The van der Waals surface area contributed by atoms with Crippen molar-refractivity contribution in [3.63, 3.8) is 0 Å². The monoisotopic (exact) mass is 347 g/mol. The van der Waals surface area contributed by atoms with E-state index in [0.29, 0.717) is 18.1 Å². The molecule has 0 fully saturated rings. The number of aryl methyl sites for hydroxylation is 1. The van der Waals surface area contributed by atoms with Crippen LogP contribution in [0.25, 0.3) is 0 Å². The van der Waals surface area contributed by atoms with Crippen molar-refractivity contribution in [2.24, 2.45) is 0 Å². The molecule has 1 heterocycles. The summed E-state index contributed by atoms with van der Waals surface area (Å²) in [6.45, 7) is 0.295. The van der Waals surface area contributed by atoms with Crippen LogP contribution in [0.2, 0.25) is 0 Å². The van der Waals surface area contributed by atoms with Crippen LogP contribution in [-0.2, 0) is 13.0 Å². The van der Waals surface area contributed by atoms with Gasteiger partial charge in [0.05, 0.1) is 6.04 Å². The molecule has 0 saturated carbocycles. The second-order valence-corrected chi connectivity index (χ2v) is 6.48. The van der Waals surface area contributed by atoms with E-state index < -0.39 is 0 Å². The Kier molecular flexibility index (Phi) is 4.73. The summed E-state index contributed by atoms with van der Waals surface area (Å²) in [4.78, 5) is 12.6. The van der Waals surface area contributed by atoms with Gasteiger partial charge in [-0.25, -0.2) is 0 Å². The predicted molar refractivity (Wildman–Crippen MR) is 99.1 cm³/mol. The summed E-state index contributed by atoms with van der Waals surface area (Å²) >= 11 is 0. The molecule has 26 heavy (non-hydrogen) atoms. The second-order valence-electron chi connectivity index (χ2n) is 6.48. The Morgan fingerprint density at radius 3 is 2.73 bits per heavy atom. The SMILES string of the molecule is O=C(NC1CCCc2ccccc21)c1ccc(COc2ccccc2)o1. The molecule has 1 atom stereocenters. The molecule has 1 aliphatic carbocycles. The largest absolute Gasteiger partial charge is 0.486 e. The number of ether oxygens (including phenoxy) is 1. The fourth-order valence-corrected chi connectivity index (χ4v) is 3.38. The van der Waals surface area contributed by atoms with E-state index in [1.165, 1.54) is 11.1 Å². The highest BCUT2D eigenvalue weighted by atomic mass is 16.5. The number of hydrogen-bond acceptors (Lipinski definition) is 3. The molecule has 0 aliphatic heterocycles. The van der Waals surface area contributed by atoms with E-state index in [9.17, 15) is 4.79 Å². The fraction of sp³-hybridized carbons (Fsp3) is 0.227. The molecule has 1 N–H and O–H groups in total. The summed E-state index contributed by atoms with van der Waals surface area (Å²) < 4.78 is 11.3. The zero-order chi connectivity index (χ0) is 17.8. The van der Waals surface area contributed by atoms with Gasteiger partial charge >= 0.3 is 0 Å². The van der Waals surface area contributed by atoms with Gasteiger partial charge in [0.25, 0.3) is 5.91 Å². The van der Waals surface area contributed by atoms with Gasteiger partial charge in [-0.1, -0.05) is 42.5 Å². The van der Waals surface area contributed by atoms with Crippen LogP contribution >= 0.6 is 0 Å². The van der Waals surface area contributed by atoms with Gasteiger partial charge in [0.1, 0.15) is 18.1 Å². The molecule has 4 heteroatoms. The van der Waals surface area contributed by atoms with Crippen molar-refractivity contribution in [1.82, 2.24) is 5.32 Å². The third-order valence-corrected chi connectivity index (χ3v) is 4.68. The Balaban J connectivity index is 1.39. The number of rotatable bonds is 5. The van der Waals surface area contributed by atoms with Crippen molar-refractivity contribution in [2.75, 3.05) is 0 Å². The number of hydrogen-bond donors (Lipinski definition) is 1. The molecule has 4 nitrogen and oxygen atoms in total. The molecule has 1 aromatic heterocycles. The topological polar surface area (TPSA) is 51.5 Å². The van der Waals surface area contributed by atoms with Crippen LogP contribution < -0.4 is 10.1 Å². The maximum atomic E-state index is 12.6. The van der Waals surface area contributed by atoms with Crippen LogP contribution in [0.5, 0.6) is 5.75 Å². The Morgan fingerprint density at radius 2 is 1.85 bits per heavy atom. The number of benzene rings is 2. The predicted octanol–water partition coefficient (Wildman–Crippen LogP) is 4.67. The number of carbonyl (C=O) groups is 1. The van der Waals surface area contributed by atoms with E-state index >= 15 is 0 Å². The molecule has 1 amide bonds. The van der Waals surface area contributed by atoms with Gasteiger partial charge in [0.15, 0.2) is 5.76 Å². The third-order valence-electron chi connectivity index (χ3n) is 4.68. The number of fused-ring (bicyclic) bond motifs is 1. The summed E-state index contributed by atoms with van der Waals surface area (Å²) in [5, 5.41) is 3.10. The van der Waals surface area contributed by atoms with E-state index in [2.05, 4.69) is 23.5 Å². The average Bonchev–Trinajstić information content (AvgIpc) is 3.17. The van der Waals surface area contributed by atoms with Crippen molar-refractivity contribution >= 4 is 5.91 Å². The Hall–Kier alpha value is -3.01. The normalized spacial score (nSPS) is 15.9. The first-order chi connectivity index (χ1) is 12.8. The Morgan fingerprint density at radius 1 is 1.04 bits per heavy atom. The maximum absolute atomic E-state index is 12.6. The molecule has 1 aliphatic rings. The minimum atomic E-state index is -0.183. The van der Waals surface area contributed by atoms with E-state index in [1.807, 2.05) is 36.4 Å². The maximum Gasteiger partial charge on any atom is 0.287 e. The highest BCUT2D eigenvalue weighted by Gasteiger charge is 2.23. The molecule has 132 valence electrons. The van der Waals surface area contributed by atoms with Crippen molar-refractivity contribution in [1.29, 1.82) is 0 Å². The number of para-hydroxylation sites is 1. The van der Waals surface area contributed by atoms with E-state index in [-0.39, 0.29) is 11.9 Å². The van der Waals surface area contributed by atoms with Gasteiger partial charge < -0.3 is 14.5 Å². The Labute approximate surface area is 152 Å². The van der Waals surface area contributed by atoms with Crippen molar-refractivity contribution in [3.05, 3.63) is 89.4 Å². The van der Waals surface area contributed by atoms with E-state index in [0.717, 1.165) is 25.0 Å². The lowest BCUT2D eigenvalue weighted by molar-refractivity contribution is 0.0900. The molecule has 0 saturated heterocycles. The molecular weight excluding hydrogens is 326 g/mol. The molecule has 4 rings (SSSR count). The molecule has 0 spiro atoms. The minimum absolute atomic E-state index is 0.0431.